The minimum absolute atomic E-state index is 0.0555. The van der Waals surface area contributed by atoms with Gasteiger partial charge in [-0.05, 0) is 0 Å². The maximum absolute atomic E-state index is 2.81. The van der Waals surface area contributed by atoms with Crippen LogP contribution in [-0.2, 0) is 44.6 Å². The Bertz CT molecular complexity index is 2250. The van der Waals surface area contributed by atoms with Crippen LogP contribution in [0.5, 0.6) is 0 Å². The van der Waals surface area contributed by atoms with E-state index in [1.54, 1.807) is 43.0 Å². The molecule has 2 aliphatic carbocycles. The molecule has 338 valence electrons. The van der Waals surface area contributed by atoms with E-state index < -0.39 is 55.2 Å². The van der Waals surface area contributed by atoms with Crippen LogP contribution < -0.4 is 20.7 Å². The summed E-state index contributed by atoms with van der Waals surface area (Å²) in [7, 11) is -6.59. The third-order valence-corrected chi connectivity index (χ3v) is 29.4. The van der Waals surface area contributed by atoms with Gasteiger partial charge in [0.05, 0.1) is 0 Å². The standard InChI is InChI=1S/2C29H43Si2.Hf/c2*1-28(2,3)24-15-23(16-25(19-24)29(4,5)6)20-13-21-17-26(30(7,8)9)27(31(10,11)12)18-22(21)14-20;/h2*13-19H,1-12H3;. The SMILES string of the molecule is CC(C)(C)c1cc(C2=Cc3cc([Si](C)(C)C)c([Si](C)(C)C)cc3[CH]2[Hf][CH]2C(c3cc(C(C)(C)C)cc(C(C)(C)C)c3)=Cc3cc([Si](C)(C)C)c([Si](C)(C)C)cc32)cc(C(C)(C)C)c1. The fourth-order valence-corrected chi connectivity index (χ4v) is 27.4. The molecular weight excluding hydrogens is 987 g/mol. The first kappa shape index (κ1) is 50.5. The number of hydrogen-bond acceptors (Lipinski definition) is 0. The molecule has 63 heavy (non-hydrogen) atoms. The van der Waals surface area contributed by atoms with Gasteiger partial charge in [-0.2, -0.15) is 0 Å². The molecule has 0 heterocycles. The minimum atomic E-state index is -1.71. The van der Waals surface area contributed by atoms with Gasteiger partial charge in [-0.3, -0.25) is 0 Å². The average Bonchev–Trinajstić information content (AvgIpc) is 3.65. The zero-order chi connectivity index (χ0) is 47.6. The van der Waals surface area contributed by atoms with E-state index in [4.69, 9.17) is 0 Å². The van der Waals surface area contributed by atoms with Crippen molar-refractivity contribution in [2.75, 3.05) is 0 Å². The second kappa shape index (κ2) is 16.4. The fraction of sp³-hybridized carbons (Fsp3) is 0.517. The Morgan fingerprint density at radius 3 is 0.794 bits per heavy atom. The van der Waals surface area contributed by atoms with Crippen LogP contribution in [0.3, 0.4) is 0 Å². The van der Waals surface area contributed by atoms with Gasteiger partial charge in [0.25, 0.3) is 0 Å². The Morgan fingerprint density at radius 1 is 0.333 bits per heavy atom. The quantitative estimate of drug-likeness (QED) is 0.154. The summed E-state index contributed by atoms with van der Waals surface area (Å²) in [5.41, 5.74) is 18.5. The van der Waals surface area contributed by atoms with Crippen LogP contribution in [0.2, 0.25) is 78.6 Å². The van der Waals surface area contributed by atoms with Gasteiger partial charge in [0, 0.05) is 0 Å². The topological polar surface area (TPSA) is 0 Å². The number of benzene rings is 4. The molecule has 0 fully saturated rings. The molecule has 0 amide bonds. The monoisotopic (exact) mass is 1070 g/mol. The van der Waals surface area contributed by atoms with Crippen molar-refractivity contribution in [1.29, 1.82) is 0 Å². The Morgan fingerprint density at radius 2 is 0.571 bits per heavy atom. The molecule has 2 unspecified atom stereocenters. The molecule has 6 rings (SSSR count). The predicted molar refractivity (Wildman–Crippen MR) is 294 cm³/mol. The molecule has 5 heteroatoms. The third kappa shape index (κ3) is 10.6. The van der Waals surface area contributed by atoms with Crippen LogP contribution >= 0.6 is 0 Å². The van der Waals surface area contributed by atoms with Crippen molar-refractivity contribution in [2.45, 2.75) is 191 Å². The predicted octanol–water partition coefficient (Wildman–Crippen LogP) is 15.0. The van der Waals surface area contributed by atoms with Crippen molar-refractivity contribution in [3.8, 4) is 0 Å². The summed E-state index contributed by atoms with van der Waals surface area (Å²) < 4.78 is 0.932. The molecule has 0 aliphatic heterocycles. The van der Waals surface area contributed by atoms with E-state index in [2.05, 4.69) is 234 Å². The molecule has 2 aliphatic rings. The maximum atomic E-state index is 2.81. The Kier molecular flexibility index (Phi) is 13.2. The summed E-state index contributed by atoms with van der Waals surface area (Å²) in [6.07, 6.45) is 5.41. The molecular formula is C58H86HfSi4. The first-order valence-corrected chi connectivity index (χ1v) is 42.3. The Hall–Kier alpha value is -1.90. The zero-order valence-corrected chi connectivity index (χ0v) is 52.2. The van der Waals surface area contributed by atoms with Crippen LogP contribution in [0.1, 0.15) is 146 Å². The third-order valence-electron chi connectivity index (χ3n) is 13.9. The van der Waals surface area contributed by atoms with Crippen LogP contribution in [-0.4, -0.2) is 32.3 Å². The van der Waals surface area contributed by atoms with Crippen molar-refractivity contribution in [3.05, 3.63) is 116 Å². The molecule has 0 bridgehead atoms. The normalized spacial score (nSPS) is 17.7. The van der Waals surface area contributed by atoms with Gasteiger partial charge in [0.2, 0.25) is 0 Å². The molecule has 0 saturated carbocycles. The van der Waals surface area contributed by atoms with Crippen LogP contribution in [0.4, 0.5) is 0 Å². The number of allylic oxidation sites excluding steroid dienone is 2. The van der Waals surface area contributed by atoms with E-state index >= 15 is 0 Å². The molecule has 4 aromatic rings. The van der Waals surface area contributed by atoms with Crippen LogP contribution in [0.15, 0.2) is 60.7 Å². The Balaban J connectivity index is 1.71. The second-order valence-corrected chi connectivity index (χ2v) is 53.4. The molecule has 0 N–H and O–H groups in total. The molecule has 2 atom stereocenters. The summed E-state index contributed by atoms with van der Waals surface area (Å²) >= 11 is -1.71. The Labute approximate surface area is 403 Å². The molecule has 0 nitrogen and oxygen atoms in total. The van der Waals surface area contributed by atoms with Gasteiger partial charge in [-0.25, -0.2) is 0 Å². The van der Waals surface area contributed by atoms with E-state index in [1.807, 2.05) is 0 Å². The number of hydrogen-bond donors (Lipinski definition) is 0. The van der Waals surface area contributed by atoms with E-state index in [0.717, 1.165) is 0 Å². The van der Waals surface area contributed by atoms with Gasteiger partial charge in [0.15, 0.2) is 0 Å². The van der Waals surface area contributed by atoms with Gasteiger partial charge in [-0.15, -0.1) is 0 Å². The van der Waals surface area contributed by atoms with E-state index in [1.165, 1.54) is 44.5 Å². The van der Waals surface area contributed by atoms with Gasteiger partial charge in [-0.1, -0.05) is 0 Å². The van der Waals surface area contributed by atoms with E-state index in [0.29, 0.717) is 7.35 Å². The van der Waals surface area contributed by atoms with Crippen LogP contribution in [0, 0.1) is 0 Å². The summed E-state index contributed by atoms with van der Waals surface area (Å²) in [5, 5.41) is 6.84. The first-order valence-electron chi connectivity index (χ1n) is 24.2. The average molecular weight is 1070 g/mol. The summed E-state index contributed by atoms with van der Waals surface area (Å²) in [6.45, 7) is 59.9. The van der Waals surface area contributed by atoms with Gasteiger partial charge < -0.3 is 0 Å². The fourth-order valence-electron chi connectivity index (χ4n) is 9.68. The number of fused-ring (bicyclic) bond motifs is 2. The summed E-state index contributed by atoms with van der Waals surface area (Å²) in [6, 6.07) is 26.5. The van der Waals surface area contributed by atoms with Crippen molar-refractivity contribution in [2.24, 2.45) is 0 Å². The number of rotatable bonds is 8. The van der Waals surface area contributed by atoms with Crippen molar-refractivity contribution in [1.82, 2.24) is 0 Å². The second-order valence-electron chi connectivity index (χ2n) is 27.9. The van der Waals surface area contributed by atoms with Crippen molar-refractivity contribution >= 4 is 76.3 Å². The molecule has 0 aromatic heterocycles. The van der Waals surface area contributed by atoms with Crippen LogP contribution in [0.25, 0.3) is 23.3 Å². The molecule has 4 aromatic carbocycles. The van der Waals surface area contributed by atoms with Crippen molar-refractivity contribution < 1.29 is 22.9 Å². The van der Waals surface area contributed by atoms with Gasteiger partial charge in [0.1, 0.15) is 0 Å². The first-order chi connectivity index (χ1) is 28.3. The zero-order valence-electron chi connectivity index (χ0n) is 44.6. The van der Waals surface area contributed by atoms with E-state index in [9.17, 15) is 0 Å². The van der Waals surface area contributed by atoms with Gasteiger partial charge >= 0.3 is 406 Å². The summed E-state index contributed by atoms with van der Waals surface area (Å²) in [4.78, 5) is 0. The molecule has 0 saturated heterocycles. The molecule has 0 spiro atoms. The van der Waals surface area contributed by atoms with E-state index in [-0.39, 0.29) is 21.7 Å². The van der Waals surface area contributed by atoms with Crippen molar-refractivity contribution in [3.63, 3.8) is 0 Å². The molecule has 0 radical (unpaired) electrons. The summed E-state index contributed by atoms with van der Waals surface area (Å²) in [5.74, 6) is 0.